The van der Waals surface area contributed by atoms with E-state index in [1.54, 1.807) is 12.1 Å². The van der Waals surface area contributed by atoms with Crippen LogP contribution in [0, 0.1) is 10.1 Å². The van der Waals surface area contributed by atoms with Crippen LogP contribution in [0.3, 0.4) is 0 Å². The molecule has 0 spiro atoms. The molecule has 0 unspecified atom stereocenters. The molecule has 0 fully saturated rings. The van der Waals surface area contributed by atoms with Crippen molar-refractivity contribution in [2.75, 3.05) is 0 Å². The van der Waals surface area contributed by atoms with Gasteiger partial charge in [0.1, 0.15) is 5.02 Å². The van der Waals surface area contributed by atoms with Crippen LogP contribution in [0.5, 0.6) is 0 Å². The number of nitrogens with two attached hydrogens (primary N) is 1. The maximum atomic E-state index is 10.6. The van der Waals surface area contributed by atoms with Crippen LogP contribution in [-0.2, 0) is 0 Å². The van der Waals surface area contributed by atoms with Crippen LogP contribution in [0.1, 0.15) is 18.0 Å². The number of hydrogen-bond donors (Lipinski definition) is 1. The standard InChI is InChI=1S/C10H11ClN2O2.ClH/c1-2-3-9(12)7-4-5-8(11)10(6-7)13(14)15;/h2,4-6,9H,1,3,12H2;1H/t9-;/m0./s1. The number of rotatable bonds is 4. The normalized spacial score (nSPS) is 11.4. The molecule has 4 nitrogen and oxygen atoms in total. The minimum Gasteiger partial charge on any atom is -0.324 e. The highest BCUT2D eigenvalue weighted by Crippen LogP contribution is 2.27. The van der Waals surface area contributed by atoms with Crippen molar-refractivity contribution in [1.29, 1.82) is 0 Å². The van der Waals surface area contributed by atoms with E-state index in [0.29, 0.717) is 12.0 Å². The molecule has 2 N–H and O–H groups in total. The predicted octanol–water partition coefficient (Wildman–Crippen LogP) is 3.25. The lowest BCUT2D eigenvalue weighted by Gasteiger charge is -2.09. The molecule has 1 rings (SSSR count). The van der Waals surface area contributed by atoms with Gasteiger partial charge in [0, 0.05) is 12.1 Å². The van der Waals surface area contributed by atoms with Crippen molar-refractivity contribution < 1.29 is 4.92 Å². The van der Waals surface area contributed by atoms with Crippen molar-refractivity contribution in [3.05, 3.63) is 51.6 Å². The predicted molar refractivity (Wildman–Crippen MR) is 67.1 cm³/mol. The first-order valence-corrected chi connectivity index (χ1v) is 4.74. The van der Waals surface area contributed by atoms with Gasteiger partial charge in [0.05, 0.1) is 4.92 Å². The van der Waals surface area contributed by atoms with Crippen LogP contribution < -0.4 is 5.73 Å². The smallest absolute Gasteiger partial charge is 0.288 e. The van der Waals surface area contributed by atoms with Gasteiger partial charge in [0.2, 0.25) is 0 Å². The quantitative estimate of drug-likeness (QED) is 0.515. The van der Waals surface area contributed by atoms with Crippen molar-refractivity contribution in [3.8, 4) is 0 Å². The summed E-state index contributed by atoms with van der Waals surface area (Å²) in [5.74, 6) is 0. The maximum absolute atomic E-state index is 10.6. The molecule has 0 aliphatic carbocycles. The first kappa shape index (κ1) is 14.9. The molecule has 88 valence electrons. The minimum atomic E-state index is -0.521. The number of halogens is 2. The first-order chi connectivity index (χ1) is 7.06. The van der Waals surface area contributed by atoms with E-state index in [1.807, 2.05) is 0 Å². The van der Waals surface area contributed by atoms with Gasteiger partial charge in [-0.25, -0.2) is 0 Å². The van der Waals surface area contributed by atoms with Gasteiger partial charge in [-0.15, -0.1) is 19.0 Å². The van der Waals surface area contributed by atoms with Crippen molar-refractivity contribution in [2.45, 2.75) is 12.5 Å². The highest BCUT2D eigenvalue weighted by Gasteiger charge is 2.15. The Morgan fingerprint density at radius 3 is 2.75 bits per heavy atom. The zero-order valence-corrected chi connectivity index (χ0v) is 10.0. The second-order valence-corrected chi connectivity index (χ2v) is 3.51. The van der Waals surface area contributed by atoms with Crippen LogP contribution in [-0.4, -0.2) is 4.92 Å². The summed E-state index contributed by atoms with van der Waals surface area (Å²) in [4.78, 5) is 10.1. The van der Waals surface area contributed by atoms with Crippen LogP contribution in [0.4, 0.5) is 5.69 Å². The van der Waals surface area contributed by atoms with E-state index in [1.165, 1.54) is 12.1 Å². The highest BCUT2D eigenvalue weighted by atomic mass is 35.5. The van der Waals surface area contributed by atoms with Gasteiger partial charge in [-0.3, -0.25) is 10.1 Å². The topological polar surface area (TPSA) is 69.2 Å². The second kappa shape index (κ2) is 6.48. The minimum absolute atomic E-state index is 0. The fourth-order valence-electron chi connectivity index (χ4n) is 1.22. The summed E-state index contributed by atoms with van der Waals surface area (Å²) in [7, 11) is 0. The van der Waals surface area contributed by atoms with Gasteiger partial charge in [0.15, 0.2) is 0 Å². The molecule has 0 radical (unpaired) electrons. The summed E-state index contributed by atoms with van der Waals surface area (Å²) in [6.07, 6.45) is 2.24. The second-order valence-electron chi connectivity index (χ2n) is 3.10. The zero-order valence-electron chi connectivity index (χ0n) is 8.43. The fourth-order valence-corrected chi connectivity index (χ4v) is 1.40. The molecule has 1 aromatic rings. The van der Waals surface area contributed by atoms with E-state index in [4.69, 9.17) is 17.3 Å². The maximum Gasteiger partial charge on any atom is 0.288 e. The Hall–Kier alpha value is -1.10. The monoisotopic (exact) mass is 262 g/mol. The Bertz CT molecular complexity index is 396. The Labute approximate surface area is 105 Å². The van der Waals surface area contributed by atoms with E-state index >= 15 is 0 Å². The summed E-state index contributed by atoms with van der Waals surface area (Å²) in [5, 5.41) is 10.7. The molecule has 0 amide bonds. The molecule has 0 bridgehead atoms. The van der Waals surface area contributed by atoms with Gasteiger partial charge in [-0.05, 0) is 18.1 Å². The molecule has 0 saturated carbocycles. The highest BCUT2D eigenvalue weighted by molar-refractivity contribution is 6.32. The largest absolute Gasteiger partial charge is 0.324 e. The van der Waals surface area contributed by atoms with Crippen molar-refractivity contribution in [1.82, 2.24) is 0 Å². The van der Waals surface area contributed by atoms with Crippen LogP contribution in [0.25, 0.3) is 0 Å². The Kier molecular flexibility index (Phi) is 6.03. The molecule has 0 aliphatic rings. The molecule has 1 aromatic carbocycles. The third-order valence-corrected chi connectivity index (χ3v) is 2.34. The third-order valence-electron chi connectivity index (χ3n) is 2.02. The van der Waals surface area contributed by atoms with Gasteiger partial charge in [-0.1, -0.05) is 23.7 Å². The molecule has 0 heterocycles. The summed E-state index contributed by atoms with van der Waals surface area (Å²) < 4.78 is 0. The average Bonchev–Trinajstić information content (AvgIpc) is 2.18. The fraction of sp³-hybridized carbons (Fsp3) is 0.200. The van der Waals surface area contributed by atoms with Gasteiger partial charge in [0.25, 0.3) is 5.69 Å². The SMILES string of the molecule is C=CC[C@H](N)c1ccc(Cl)c([N+](=O)[O-])c1.Cl. The molecular formula is C10H12Cl2N2O2. The number of hydrogen-bond acceptors (Lipinski definition) is 3. The zero-order chi connectivity index (χ0) is 11.4. The molecule has 16 heavy (non-hydrogen) atoms. The number of benzene rings is 1. The summed E-state index contributed by atoms with van der Waals surface area (Å²) >= 11 is 5.67. The lowest BCUT2D eigenvalue weighted by molar-refractivity contribution is -0.384. The van der Waals surface area contributed by atoms with Gasteiger partial charge in [-0.2, -0.15) is 0 Å². The van der Waals surface area contributed by atoms with Gasteiger partial charge >= 0.3 is 0 Å². The van der Waals surface area contributed by atoms with E-state index < -0.39 is 4.92 Å². The van der Waals surface area contributed by atoms with Crippen molar-refractivity contribution >= 4 is 29.7 Å². The van der Waals surface area contributed by atoms with E-state index in [2.05, 4.69) is 6.58 Å². The van der Waals surface area contributed by atoms with Crippen molar-refractivity contribution in [2.24, 2.45) is 5.73 Å². The average molecular weight is 263 g/mol. The number of nitrogens with zero attached hydrogens (tertiary/aromatic N) is 1. The molecular weight excluding hydrogens is 251 g/mol. The molecule has 0 saturated heterocycles. The summed E-state index contributed by atoms with van der Waals surface area (Å²) in [6.45, 7) is 3.56. The first-order valence-electron chi connectivity index (χ1n) is 4.36. The van der Waals surface area contributed by atoms with E-state index in [-0.39, 0.29) is 29.2 Å². The van der Waals surface area contributed by atoms with E-state index in [0.717, 1.165) is 0 Å². The molecule has 0 aromatic heterocycles. The van der Waals surface area contributed by atoms with E-state index in [9.17, 15) is 10.1 Å². The van der Waals surface area contributed by atoms with Crippen LogP contribution >= 0.6 is 24.0 Å². The Balaban J connectivity index is 0.00000225. The van der Waals surface area contributed by atoms with Gasteiger partial charge < -0.3 is 5.73 Å². The molecule has 1 atom stereocenters. The van der Waals surface area contributed by atoms with Crippen LogP contribution in [0.15, 0.2) is 30.9 Å². The third kappa shape index (κ3) is 3.48. The summed E-state index contributed by atoms with van der Waals surface area (Å²) in [6, 6.07) is 4.29. The number of nitro benzene ring substituents is 1. The number of nitro groups is 1. The lowest BCUT2D eigenvalue weighted by Crippen LogP contribution is -2.09. The summed E-state index contributed by atoms with van der Waals surface area (Å²) in [5.41, 5.74) is 6.36. The Morgan fingerprint density at radius 2 is 2.25 bits per heavy atom. The molecule has 0 aliphatic heterocycles. The van der Waals surface area contributed by atoms with Crippen molar-refractivity contribution in [3.63, 3.8) is 0 Å². The van der Waals surface area contributed by atoms with Crippen LogP contribution in [0.2, 0.25) is 5.02 Å². The Morgan fingerprint density at radius 1 is 1.62 bits per heavy atom. The lowest BCUT2D eigenvalue weighted by atomic mass is 10.0. The molecule has 6 heteroatoms.